The molecule has 0 atom stereocenters. The first-order chi connectivity index (χ1) is 8.72. The molecule has 96 valence electrons. The predicted molar refractivity (Wildman–Crippen MR) is 75.1 cm³/mol. The maximum atomic E-state index is 5.91. The van der Waals surface area contributed by atoms with Crippen LogP contribution in [0.25, 0.3) is 0 Å². The van der Waals surface area contributed by atoms with Gasteiger partial charge in [-0.15, -0.1) is 11.6 Å². The zero-order chi connectivity index (χ0) is 13.0. The first-order valence-corrected chi connectivity index (χ1v) is 6.92. The highest BCUT2D eigenvalue weighted by atomic mass is 35.5. The first kappa shape index (κ1) is 13.1. The molecule has 0 bridgehead atoms. The van der Waals surface area contributed by atoms with E-state index in [-0.39, 0.29) is 0 Å². The Morgan fingerprint density at radius 2 is 2.28 bits per heavy atom. The highest BCUT2D eigenvalue weighted by Gasteiger charge is 2.06. The number of halogens is 1. The average Bonchev–Trinajstić information content (AvgIpc) is 2.77. The molecular formula is C12H14ClN3OS. The van der Waals surface area contributed by atoms with E-state index in [1.54, 1.807) is 0 Å². The number of aromatic nitrogens is 2. The van der Waals surface area contributed by atoms with Gasteiger partial charge in [0.15, 0.2) is 0 Å². The van der Waals surface area contributed by atoms with Gasteiger partial charge >= 0.3 is 0 Å². The molecule has 0 aliphatic heterocycles. The number of nitrogens with one attached hydrogen (secondary N) is 1. The number of anilines is 2. The van der Waals surface area contributed by atoms with Gasteiger partial charge in [-0.25, -0.2) is 4.98 Å². The van der Waals surface area contributed by atoms with Gasteiger partial charge in [0.2, 0.25) is 5.13 Å². The van der Waals surface area contributed by atoms with Crippen molar-refractivity contribution in [2.75, 3.05) is 11.9 Å². The molecule has 0 saturated heterocycles. The molecule has 1 N–H and O–H groups in total. The number of ether oxygens (including phenoxy) is 1. The lowest BCUT2D eigenvalue weighted by molar-refractivity contribution is 0.337. The van der Waals surface area contributed by atoms with Crippen molar-refractivity contribution in [3.8, 4) is 5.75 Å². The predicted octanol–water partition coefficient (Wildman–Crippen LogP) is 3.73. The number of benzene rings is 1. The molecule has 0 aliphatic carbocycles. The van der Waals surface area contributed by atoms with E-state index in [4.69, 9.17) is 16.3 Å². The topological polar surface area (TPSA) is 47.0 Å². The van der Waals surface area contributed by atoms with Crippen LogP contribution in [0.3, 0.4) is 0 Å². The molecule has 6 heteroatoms. The summed E-state index contributed by atoms with van der Waals surface area (Å²) in [6, 6.07) is 5.82. The Hall–Kier alpha value is -1.33. The normalized spacial score (nSPS) is 10.4. The summed E-state index contributed by atoms with van der Waals surface area (Å²) in [6.45, 7) is 4.45. The first-order valence-electron chi connectivity index (χ1n) is 5.62. The van der Waals surface area contributed by atoms with Crippen LogP contribution in [0, 0.1) is 6.92 Å². The Morgan fingerprint density at radius 3 is 2.89 bits per heavy atom. The fraction of sp³-hybridized carbons (Fsp3) is 0.333. The monoisotopic (exact) mass is 283 g/mol. The standard InChI is InChI=1S/C12H14ClN3OS/c1-3-17-11-5-4-10(6-9(11)7-13)15-12-14-8(2)16-18-12/h4-6H,3,7H2,1-2H3,(H,14,15,16). The highest BCUT2D eigenvalue weighted by Crippen LogP contribution is 2.27. The van der Waals surface area contributed by atoms with Gasteiger partial charge in [0.25, 0.3) is 0 Å². The number of nitrogens with zero attached hydrogens (tertiary/aromatic N) is 2. The van der Waals surface area contributed by atoms with Crippen LogP contribution in [0.2, 0.25) is 0 Å². The van der Waals surface area contributed by atoms with Crippen LogP contribution in [0.4, 0.5) is 10.8 Å². The minimum absolute atomic E-state index is 0.417. The Labute approximate surface area is 115 Å². The molecule has 1 aromatic carbocycles. The van der Waals surface area contributed by atoms with Gasteiger partial charge in [0.05, 0.1) is 12.5 Å². The molecular weight excluding hydrogens is 270 g/mol. The molecule has 2 aromatic rings. The van der Waals surface area contributed by atoms with E-state index < -0.39 is 0 Å². The largest absolute Gasteiger partial charge is 0.494 e. The van der Waals surface area contributed by atoms with Crippen molar-refractivity contribution in [3.63, 3.8) is 0 Å². The fourth-order valence-corrected chi connectivity index (χ4v) is 2.33. The van der Waals surface area contributed by atoms with Gasteiger partial charge in [0.1, 0.15) is 11.6 Å². The smallest absolute Gasteiger partial charge is 0.207 e. The molecule has 0 aliphatic rings. The van der Waals surface area contributed by atoms with E-state index in [1.807, 2.05) is 32.0 Å². The Bertz CT molecular complexity index is 530. The SMILES string of the molecule is CCOc1ccc(Nc2nc(C)ns2)cc1CCl. The summed E-state index contributed by atoms with van der Waals surface area (Å²) in [5.41, 5.74) is 1.90. The second-order valence-corrected chi connectivity index (χ2v) is 4.68. The van der Waals surface area contributed by atoms with Gasteiger partial charge in [0, 0.05) is 22.8 Å². The van der Waals surface area contributed by atoms with Gasteiger partial charge < -0.3 is 10.1 Å². The summed E-state index contributed by atoms with van der Waals surface area (Å²) in [4.78, 5) is 4.25. The molecule has 2 rings (SSSR count). The molecule has 0 amide bonds. The third kappa shape index (κ3) is 3.11. The van der Waals surface area contributed by atoms with Crippen molar-refractivity contribution < 1.29 is 4.74 Å². The van der Waals surface area contributed by atoms with Crippen LogP contribution in [0.1, 0.15) is 18.3 Å². The Balaban J connectivity index is 2.19. The van der Waals surface area contributed by atoms with Crippen molar-refractivity contribution >= 4 is 34.0 Å². The summed E-state index contributed by atoms with van der Waals surface area (Å²) in [7, 11) is 0. The van der Waals surface area contributed by atoms with Crippen LogP contribution >= 0.6 is 23.1 Å². The summed E-state index contributed by atoms with van der Waals surface area (Å²) in [5, 5.41) is 3.97. The van der Waals surface area contributed by atoms with Crippen molar-refractivity contribution in [1.82, 2.24) is 9.36 Å². The molecule has 4 nitrogen and oxygen atoms in total. The van der Waals surface area contributed by atoms with Gasteiger partial charge in [-0.1, -0.05) is 0 Å². The van der Waals surface area contributed by atoms with Crippen molar-refractivity contribution in [3.05, 3.63) is 29.6 Å². The van der Waals surface area contributed by atoms with Crippen LogP contribution in [0.5, 0.6) is 5.75 Å². The van der Waals surface area contributed by atoms with Crippen LogP contribution in [-0.2, 0) is 5.88 Å². The summed E-state index contributed by atoms with van der Waals surface area (Å²) in [6.07, 6.45) is 0. The highest BCUT2D eigenvalue weighted by molar-refractivity contribution is 7.09. The quantitative estimate of drug-likeness (QED) is 0.850. The molecule has 18 heavy (non-hydrogen) atoms. The molecule has 1 aromatic heterocycles. The van der Waals surface area contributed by atoms with E-state index >= 15 is 0 Å². The summed E-state index contributed by atoms with van der Waals surface area (Å²) < 4.78 is 9.62. The van der Waals surface area contributed by atoms with Crippen LogP contribution in [0.15, 0.2) is 18.2 Å². The number of aryl methyl sites for hydroxylation is 1. The van der Waals surface area contributed by atoms with E-state index in [1.165, 1.54) is 11.5 Å². The summed E-state index contributed by atoms with van der Waals surface area (Å²) in [5.74, 6) is 2.01. The third-order valence-electron chi connectivity index (χ3n) is 2.28. The molecule has 0 unspecified atom stereocenters. The third-order valence-corrected chi connectivity index (χ3v) is 3.29. The number of alkyl halides is 1. The molecule has 0 radical (unpaired) electrons. The van der Waals surface area contributed by atoms with Crippen LogP contribution < -0.4 is 10.1 Å². The maximum Gasteiger partial charge on any atom is 0.207 e. The minimum atomic E-state index is 0.417. The Kier molecular flexibility index (Phi) is 4.38. The van der Waals surface area contributed by atoms with Gasteiger partial charge in [-0.05, 0) is 32.0 Å². The number of rotatable bonds is 5. The van der Waals surface area contributed by atoms with Crippen molar-refractivity contribution in [1.29, 1.82) is 0 Å². The second kappa shape index (κ2) is 6.02. The van der Waals surface area contributed by atoms with E-state index in [0.29, 0.717) is 12.5 Å². The average molecular weight is 284 g/mol. The molecule has 0 spiro atoms. The Morgan fingerprint density at radius 1 is 1.44 bits per heavy atom. The maximum absolute atomic E-state index is 5.91. The van der Waals surface area contributed by atoms with Crippen LogP contribution in [-0.4, -0.2) is 16.0 Å². The molecule has 0 saturated carbocycles. The van der Waals surface area contributed by atoms with Crippen molar-refractivity contribution in [2.24, 2.45) is 0 Å². The minimum Gasteiger partial charge on any atom is -0.494 e. The lowest BCUT2D eigenvalue weighted by atomic mass is 10.2. The lowest BCUT2D eigenvalue weighted by Gasteiger charge is -2.10. The fourth-order valence-electron chi connectivity index (χ4n) is 1.53. The van der Waals surface area contributed by atoms with E-state index in [0.717, 1.165) is 28.0 Å². The molecule has 1 heterocycles. The second-order valence-electron chi connectivity index (χ2n) is 3.66. The van der Waals surface area contributed by atoms with Gasteiger partial charge in [-0.2, -0.15) is 4.37 Å². The van der Waals surface area contributed by atoms with Gasteiger partial charge in [-0.3, -0.25) is 0 Å². The van der Waals surface area contributed by atoms with E-state index in [2.05, 4.69) is 14.7 Å². The number of hydrogen-bond acceptors (Lipinski definition) is 5. The van der Waals surface area contributed by atoms with Crippen molar-refractivity contribution in [2.45, 2.75) is 19.7 Å². The zero-order valence-electron chi connectivity index (χ0n) is 10.2. The summed E-state index contributed by atoms with van der Waals surface area (Å²) >= 11 is 7.25. The van der Waals surface area contributed by atoms with E-state index in [9.17, 15) is 0 Å². The zero-order valence-corrected chi connectivity index (χ0v) is 11.8. The number of hydrogen-bond donors (Lipinski definition) is 1. The molecule has 0 fully saturated rings. The lowest BCUT2D eigenvalue weighted by Crippen LogP contribution is -1.97.